The summed E-state index contributed by atoms with van der Waals surface area (Å²) in [6.45, 7) is 1.10. The van der Waals surface area contributed by atoms with E-state index in [1.165, 1.54) is 0 Å². The molecule has 80 valence electrons. The molecule has 1 N–H and O–H groups in total. The average molecular weight is 216 g/mol. The lowest BCUT2D eigenvalue weighted by atomic mass is 10.1. The predicted molar refractivity (Wildman–Crippen MR) is 47.7 cm³/mol. The van der Waals surface area contributed by atoms with Crippen LogP contribution in [0.2, 0.25) is 0 Å². The second-order valence-corrected chi connectivity index (χ2v) is 2.87. The second-order valence-electron chi connectivity index (χ2n) is 2.87. The van der Waals surface area contributed by atoms with Gasteiger partial charge >= 0.3 is 5.97 Å². The Hall–Kier alpha value is -1.78. The van der Waals surface area contributed by atoms with Gasteiger partial charge in [0.05, 0.1) is 0 Å². The molecule has 2 nitrogen and oxygen atoms in total. The van der Waals surface area contributed by atoms with Crippen molar-refractivity contribution in [3.63, 3.8) is 0 Å². The monoisotopic (exact) mass is 216 g/mol. The molecule has 0 aliphatic heterocycles. The van der Waals surface area contributed by atoms with Crippen molar-refractivity contribution in [3.05, 3.63) is 40.7 Å². The molecule has 0 spiro atoms. The van der Waals surface area contributed by atoms with Gasteiger partial charge in [0.25, 0.3) is 0 Å². The molecule has 0 radical (unpaired) electrons. The van der Waals surface area contributed by atoms with Crippen LogP contribution in [0.15, 0.2) is 12.1 Å². The lowest BCUT2D eigenvalue weighted by Crippen LogP contribution is -1.97. The van der Waals surface area contributed by atoms with Gasteiger partial charge in [-0.1, -0.05) is 0 Å². The van der Waals surface area contributed by atoms with E-state index in [0.717, 1.165) is 19.1 Å². The number of carboxylic acids is 1. The van der Waals surface area contributed by atoms with Gasteiger partial charge in [-0.25, -0.2) is 18.0 Å². The van der Waals surface area contributed by atoms with E-state index >= 15 is 0 Å². The molecule has 0 saturated carbocycles. The molecular weight excluding hydrogens is 209 g/mol. The fourth-order valence-corrected chi connectivity index (χ4v) is 0.987. The Morgan fingerprint density at radius 2 is 1.93 bits per heavy atom. The van der Waals surface area contributed by atoms with Crippen molar-refractivity contribution in [2.45, 2.75) is 6.92 Å². The van der Waals surface area contributed by atoms with Gasteiger partial charge in [0.1, 0.15) is 5.82 Å². The molecule has 0 aliphatic rings. The highest BCUT2D eigenvalue weighted by Crippen LogP contribution is 2.20. The summed E-state index contributed by atoms with van der Waals surface area (Å²) in [5.41, 5.74) is -0.863. The molecular formula is C10H7F3O2. The molecule has 0 amide bonds. The van der Waals surface area contributed by atoms with Crippen LogP contribution in [0.5, 0.6) is 0 Å². The first-order valence-electron chi connectivity index (χ1n) is 3.98. The Balaban J connectivity index is 3.26. The minimum Gasteiger partial charge on any atom is -0.478 e. The third-order valence-electron chi connectivity index (χ3n) is 1.82. The number of carboxylic acid groups (broad SMARTS) is 1. The number of halogens is 3. The maximum Gasteiger partial charge on any atom is 0.328 e. The molecule has 5 heteroatoms. The minimum atomic E-state index is -1.32. The molecule has 0 aromatic heterocycles. The minimum absolute atomic E-state index is 0.431. The summed E-state index contributed by atoms with van der Waals surface area (Å²) >= 11 is 0. The maximum atomic E-state index is 13.1. The van der Waals surface area contributed by atoms with Crippen LogP contribution in [-0.4, -0.2) is 11.1 Å². The summed E-state index contributed by atoms with van der Waals surface area (Å²) in [5, 5.41) is 8.26. The van der Waals surface area contributed by atoms with Crippen molar-refractivity contribution >= 4 is 12.0 Å². The van der Waals surface area contributed by atoms with E-state index in [1.807, 2.05) is 0 Å². The fourth-order valence-electron chi connectivity index (χ4n) is 0.987. The number of carbonyl (C=O) groups is 1. The lowest BCUT2D eigenvalue weighted by molar-refractivity contribution is -0.131. The molecule has 1 aromatic rings. The Kier molecular flexibility index (Phi) is 3.14. The van der Waals surface area contributed by atoms with Crippen LogP contribution < -0.4 is 0 Å². The van der Waals surface area contributed by atoms with E-state index in [2.05, 4.69) is 0 Å². The molecule has 1 rings (SSSR count). The summed E-state index contributed by atoms with van der Waals surface area (Å²) in [6.07, 6.45) is 1.40. The Morgan fingerprint density at radius 1 is 1.33 bits per heavy atom. The Bertz CT molecular complexity index is 439. The van der Waals surface area contributed by atoms with Gasteiger partial charge in [-0.05, 0) is 19.1 Å². The predicted octanol–water partition coefficient (Wildman–Crippen LogP) is 2.51. The SMILES string of the molecule is Cc1c(F)cc(/C=C/C(=O)O)c(F)c1F. The van der Waals surface area contributed by atoms with Crippen molar-refractivity contribution in [1.82, 2.24) is 0 Å². The van der Waals surface area contributed by atoms with E-state index in [1.54, 1.807) is 0 Å². The summed E-state index contributed by atoms with van der Waals surface area (Å²) < 4.78 is 39.0. The largest absolute Gasteiger partial charge is 0.478 e. The number of aliphatic carboxylic acids is 1. The zero-order valence-corrected chi connectivity index (χ0v) is 7.72. The van der Waals surface area contributed by atoms with Gasteiger partial charge in [0.15, 0.2) is 11.6 Å². The lowest BCUT2D eigenvalue weighted by Gasteiger charge is -2.03. The molecule has 0 unspecified atom stereocenters. The molecule has 0 saturated heterocycles. The molecule has 1 aromatic carbocycles. The standard InChI is InChI=1S/C10H7F3O2/c1-5-7(11)4-6(2-3-8(14)15)10(13)9(5)12/h2-4H,1H3,(H,14,15)/b3-2+. The number of benzene rings is 1. The van der Waals surface area contributed by atoms with Crippen molar-refractivity contribution in [2.24, 2.45) is 0 Å². The van der Waals surface area contributed by atoms with E-state index in [4.69, 9.17) is 5.11 Å². The second kappa shape index (κ2) is 4.16. The quantitative estimate of drug-likeness (QED) is 0.609. The highest BCUT2D eigenvalue weighted by Gasteiger charge is 2.13. The molecule has 0 heterocycles. The van der Waals surface area contributed by atoms with Crippen molar-refractivity contribution < 1.29 is 23.1 Å². The molecule has 0 aliphatic carbocycles. The summed E-state index contributed by atoms with van der Waals surface area (Å²) in [5.74, 6) is -4.80. The van der Waals surface area contributed by atoms with Crippen molar-refractivity contribution in [2.75, 3.05) is 0 Å². The topological polar surface area (TPSA) is 37.3 Å². The van der Waals surface area contributed by atoms with E-state index < -0.39 is 34.5 Å². The third kappa shape index (κ3) is 2.37. The first-order chi connectivity index (χ1) is 6.93. The van der Waals surface area contributed by atoms with Crippen molar-refractivity contribution in [3.8, 4) is 0 Å². The number of hydrogen-bond donors (Lipinski definition) is 1. The first-order valence-corrected chi connectivity index (χ1v) is 3.98. The van der Waals surface area contributed by atoms with Gasteiger partial charge in [-0.2, -0.15) is 0 Å². The van der Waals surface area contributed by atoms with Crippen LogP contribution in [0.4, 0.5) is 13.2 Å². The molecule has 0 bridgehead atoms. The first kappa shape index (κ1) is 11.3. The molecule has 15 heavy (non-hydrogen) atoms. The van der Waals surface area contributed by atoms with E-state index in [0.29, 0.717) is 6.08 Å². The number of rotatable bonds is 2. The van der Waals surface area contributed by atoms with Crippen molar-refractivity contribution in [1.29, 1.82) is 0 Å². The molecule has 0 atom stereocenters. The van der Waals surface area contributed by atoms with Gasteiger partial charge in [0, 0.05) is 17.2 Å². The summed E-state index contributed by atoms with van der Waals surface area (Å²) in [7, 11) is 0. The highest BCUT2D eigenvalue weighted by molar-refractivity contribution is 5.85. The maximum absolute atomic E-state index is 13.1. The van der Waals surface area contributed by atoms with Gasteiger partial charge in [-0.15, -0.1) is 0 Å². The smallest absolute Gasteiger partial charge is 0.328 e. The summed E-state index contributed by atoms with van der Waals surface area (Å²) in [6, 6.07) is 0.743. The Morgan fingerprint density at radius 3 is 2.47 bits per heavy atom. The summed E-state index contributed by atoms with van der Waals surface area (Å²) in [4.78, 5) is 10.1. The van der Waals surface area contributed by atoms with Crippen LogP contribution >= 0.6 is 0 Å². The average Bonchev–Trinajstić information content (AvgIpc) is 2.18. The zero-order chi connectivity index (χ0) is 11.6. The third-order valence-corrected chi connectivity index (χ3v) is 1.82. The fraction of sp³-hybridized carbons (Fsp3) is 0.100. The Labute approximate surface area is 83.7 Å². The van der Waals surface area contributed by atoms with Crippen LogP contribution in [0.1, 0.15) is 11.1 Å². The normalized spacial score (nSPS) is 10.9. The number of hydrogen-bond acceptors (Lipinski definition) is 1. The van der Waals surface area contributed by atoms with E-state index in [9.17, 15) is 18.0 Å². The van der Waals surface area contributed by atoms with E-state index in [-0.39, 0.29) is 0 Å². The van der Waals surface area contributed by atoms with Crippen LogP contribution in [-0.2, 0) is 4.79 Å². The van der Waals surface area contributed by atoms with Gasteiger partial charge in [0.2, 0.25) is 0 Å². The zero-order valence-electron chi connectivity index (χ0n) is 7.72. The van der Waals surface area contributed by atoms with Gasteiger partial charge in [-0.3, -0.25) is 0 Å². The molecule has 0 fully saturated rings. The highest BCUT2D eigenvalue weighted by atomic mass is 19.2. The van der Waals surface area contributed by atoms with Crippen LogP contribution in [0.3, 0.4) is 0 Å². The van der Waals surface area contributed by atoms with Gasteiger partial charge < -0.3 is 5.11 Å². The van der Waals surface area contributed by atoms with Crippen LogP contribution in [0.25, 0.3) is 6.08 Å². The van der Waals surface area contributed by atoms with Crippen LogP contribution in [0, 0.1) is 24.4 Å².